The van der Waals surface area contributed by atoms with Crippen LogP contribution in [0, 0.1) is 11.3 Å². The van der Waals surface area contributed by atoms with Crippen molar-refractivity contribution in [2.75, 3.05) is 34.6 Å². The third-order valence-electron chi connectivity index (χ3n) is 4.48. The molecule has 2 aromatic rings. The number of nitrogens with zero attached hydrogens (tertiary/aromatic N) is 1. The highest BCUT2D eigenvalue weighted by atomic mass is 31.2. The Labute approximate surface area is 174 Å². The molecule has 0 atom stereocenters. The average Bonchev–Trinajstić information content (AvgIpc) is 2.79. The molecule has 0 aliphatic rings. The van der Waals surface area contributed by atoms with E-state index < -0.39 is 24.4 Å². The van der Waals surface area contributed by atoms with E-state index in [0.717, 1.165) is 0 Å². The van der Waals surface area contributed by atoms with E-state index in [0.29, 0.717) is 0 Å². The Hall–Kier alpha value is -3.30. The van der Waals surface area contributed by atoms with Crippen LogP contribution < -0.4 is 18.9 Å². The second kappa shape index (κ2) is 9.95. The number of rotatable bonds is 10. The van der Waals surface area contributed by atoms with Gasteiger partial charge in [0.15, 0.2) is 0 Å². The van der Waals surface area contributed by atoms with Crippen molar-refractivity contribution in [1.82, 2.24) is 0 Å². The van der Waals surface area contributed by atoms with E-state index in [1.807, 2.05) is 6.07 Å². The number of ether oxygens (including phenoxy) is 4. The summed E-state index contributed by atoms with van der Waals surface area (Å²) in [5.74, 6) is 0.431. The molecule has 0 bridgehead atoms. The van der Waals surface area contributed by atoms with Crippen molar-refractivity contribution in [2.24, 2.45) is 0 Å². The van der Waals surface area contributed by atoms with Crippen LogP contribution in [0.1, 0.15) is 27.1 Å². The second-order valence-electron chi connectivity index (χ2n) is 6.06. The summed E-state index contributed by atoms with van der Waals surface area (Å²) in [6.07, 6.45) is -0.701. The molecule has 0 radical (unpaired) electrons. The lowest BCUT2D eigenvalue weighted by atomic mass is 10.2. The van der Waals surface area contributed by atoms with E-state index in [1.54, 1.807) is 12.1 Å². The molecule has 0 saturated heterocycles. The lowest BCUT2D eigenvalue weighted by Gasteiger charge is -2.20. The lowest BCUT2D eigenvalue weighted by molar-refractivity contribution is 0.103. The minimum absolute atomic E-state index is 0.108. The molecular weight excluding hydrogens is 409 g/mol. The Morgan fingerprint density at radius 3 is 1.40 bits per heavy atom. The van der Waals surface area contributed by atoms with Crippen molar-refractivity contribution in [2.45, 2.75) is 6.42 Å². The van der Waals surface area contributed by atoms with E-state index >= 15 is 0 Å². The van der Waals surface area contributed by atoms with E-state index in [1.165, 1.54) is 52.7 Å². The molecular formula is C21H22NO7P. The molecule has 0 aliphatic carbocycles. The van der Waals surface area contributed by atoms with Crippen LogP contribution in [0.25, 0.3) is 0 Å². The third-order valence-corrected chi connectivity index (χ3v) is 7.09. The standard InChI is InChI=1S/C21H22NO7P/c1-26-14-8-5-9-15(27-2)18(14)20(23)30(25,13-7-12-22)21(24)19-16(28-3)10-6-11-17(19)29-4/h5-6,8-11H,7,13H2,1-4H3. The maximum Gasteiger partial charge on any atom is 0.236 e. The van der Waals surface area contributed by atoms with E-state index in [4.69, 9.17) is 24.2 Å². The smallest absolute Gasteiger partial charge is 0.236 e. The number of nitriles is 1. The fourth-order valence-electron chi connectivity index (χ4n) is 2.99. The number of carbonyl (C=O) groups is 2. The molecule has 0 unspecified atom stereocenters. The molecule has 8 nitrogen and oxygen atoms in total. The zero-order valence-corrected chi connectivity index (χ0v) is 18.0. The van der Waals surface area contributed by atoms with E-state index in [-0.39, 0.29) is 40.5 Å². The summed E-state index contributed by atoms with van der Waals surface area (Å²) in [4.78, 5) is 27.0. The molecule has 9 heteroatoms. The van der Waals surface area contributed by atoms with Crippen LogP contribution in [-0.4, -0.2) is 45.6 Å². The molecule has 0 heterocycles. The van der Waals surface area contributed by atoms with Gasteiger partial charge in [0.05, 0.1) is 34.5 Å². The number of carbonyl (C=O) groups excluding carboxylic acids is 2. The number of hydrogen-bond acceptors (Lipinski definition) is 8. The van der Waals surface area contributed by atoms with Gasteiger partial charge in [-0.25, -0.2) is 0 Å². The van der Waals surface area contributed by atoms with Gasteiger partial charge in [0.1, 0.15) is 34.1 Å². The molecule has 0 spiro atoms. The van der Waals surface area contributed by atoms with Crippen molar-refractivity contribution in [1.29, 1.82) is 5.26 Å². The first-order chi connectivity index (χ1) is 14.4. The van der Waals surface area contributed by atoms with Gasteiger partial charge in [0, 0.05) is 12.6 Å². The summed E-state index contributed by atoms with van der Waals surface area (Å²) >= 11 is 0. The summed E-state index contributed by atoms with van der Waals surface area (Å²) in [7, 11) is 1.03. The Bertz CT molecular complexity index is 926. The molecule has 0 saturated carbocycles. The summed E-state index contributed by atoms with van der Waals surface area (Å²) < 4.78 is 34.9. The van der Waals surface area contributed by atoms with Gasteiger partial charge in [0.25, 0.3) is 0 Å². The molecule has 0 amide bonds. The SMILES string of the molecule is COc1cccc(OC)c1C(=O)P(=O)(CCC#N)C(=O)c1c(OC)cccc1OC. The highest BCUT2D eigenvalue weighted by Crippen LogP contribution is 2.56. The van der Waals surface area contributed by atoms with Gasteiger partial charge < -0.3 is 23.5 Å². The molecule has 30 heavy (non-hydrogen) atoms. The summed E-state index contributed by atoms with van der Waals surface area (Å²) in [6, 6.07) is 11.0. The van der Waals surface area contributed by atoms with Crippen LogP contribution in [-0.2, 0) is 4.57 Å². The van der Waals surface area contributed by atoms with Crippen molar-refractivity contribution >= 4 is 18.2 Å². The fourth-order valence-corrected chi connectivity index (χ4v) is 5.16. The Morgan fingerprint density at radius 2 is 1.13 bits per heavy atom. The molecule has 0 N–H and O–H groups in total. The van der Waals surface area contributed by atoms with Crippen molar-refractivity contribution in [3.63, 3.8) is 0 Å². The molecule has 158 valence electrons. The highest BCUT2D eigenvalue weighted by molar-refractivity contribution is 7.95. The van der Waals surface area contributed by atoms with Crippen LogP contribution in [0.15, 0.2) is 36.4 Å². The Balaban J connectivity index is 2.75. The van der Waals surface area contributed by atoms with Gasteiger partial charge in [-0.2, -0.15) is 5.26 Å². The van der Waals surface area contributed by atoms with Gasteiger partial charge in [0.2, 0.25) is 18.2 Å². The molecule has 0 fully saturated rings. The number of hydrogen-bond donors (Lipinski definition) is 0. The summed E-state index contributed by atoms with van der Waals surface area (Å²) in [5, 5.41) is 9.04. The van der Waals surface area contributed by atoms with Gasteiger partial charge in [-0.05, 0) is 24.3 Å². The predicted molar refractivity (Wildman–Crippen MR) is 110 cm³/mol. The lowest BCUT2D eigenvalue weighted by Crippen LogP contribution is -2.16. The highest BCUT2D eigenvalue weighted by Gasteiger charge is 2.45. The van der Waals surface area contributed by atoms with E-state index in [2.05, 4.69) is 0 Å². The minimum atomic E-state index is -4.34. The zero-order valence-electron chi connectivity index (χ0n) is 17.1. The third kappa shape index (κ3) is 4.17. The maximum absolute atomic E-state index is 14.0. The topological polar surface area (TPSA) is 112 Å². The van der Waals surface area contributed by atoms with Crippen LogP contribution in [0.4, 0.5) is 0 Å². The predicted octanol–water partition coefficient (Wildman–Crippen LogP) is 3.98. The zero-order chi connectivity index (χ0) is 22.3. The van der Waals surface area contributed by atoms with Crippen LogP contribution in [0.3, 0.4) is 0 Å². The minimum Gasteiger partial charge on any atom is -0.496 e. The second-order valence-corrected chi connectivity index (χ2v) is 8.80. The normalized spacial score (nSPS) is 10.6. The summed E-state index contributed by atoms with van der Waals surface area (Å²) in [5.41, 5.74) is -2.15. The van der Waals surface area contributed by atoms with Crippen molar-refractivity contribution in [3.05, 3.63) is 47.5 Å². The average molecular weight is 431 g/mol. The Morgan fingerprint density at radius 1 is 0.800 bits per heavy atom. The number of benzene rings is 2. The quantitative estimate of drug-likeness (QED) is 0.519. The van der Waals surface area contributed by atoms with Gasteiger partial charge >= 0.3 is 0 Å². The number of methoxy groups -OCH3 is 4. The van der Waals surface area contributed by atoms with Crippen molar-refractivity contribution in [3.8, 4) is 29.1 Å². The maximum atomic E-state index is 14.0. The van der Waals surface area contributed by atoms with Crippen LogP contribution >= 0.6 is 7.14 Å². The summed E-state index contributed by atoms with van der Waals surface area (Å²) in [6.45, 7) is 0. The first-order valence-corrected chi connectivity index (χ1v) is 10.8. The monoisotopic (exact) mass is 431 g/mol. The van der Waals surface area contributed by atoms with Gasteiger partial charge in [-0.15, -0.1) is 0 Å². The molecule has 0 aliphatic heterocycles. The largest absolute Gasteiger partial charge is 0.496 e. The van der Waals surface area contributed by atoms with Crippen molar-refractivity contribution < 1.29 is 33.1 Å². The van der Waals surface area contributed by atoms with E-state index in [9.17, 15) is 14.2 Å². The molecule has 2 rings (SSSR count). The van der Waals surface area contributed by atoms with Crippen LogP contribution in [0.5, 0.6) is 23.0 Å². The first-order valence-electron chi connectivity index (χ1n) is 8.87. The molecule has 0 aromatic heterocycles. The van der Waals surface area contributed by atoms with Crippen LogP contribution in [0.2, 0.25) is 0 Å². The van der Waals surface area contributed by atoms with Gasteiger partial charge in [-0.1, -0.05) is 12.1 Å². The molecule has 2 aromatic carbocycles. The fraction of sp³-hybridized carbons (Fsp3) is 0.286. The Kier molecular flexibility index (Phi) is 7.62. The van der Waals surface area contributed by atoms with Gasteiger partial charge in [-0.3, -0.25) is 9.59 Å². The first kappa shape index (κ1) is 23.0.